The smallest absolute Gasteiger partial charge is 0.384 e. The van der Waals surface area contributed by atoms with Gasteiger partial charge in [-0.15, -0.1) is 0 Å². The van der Waals surface area contributed by atoms with Crippen molar-refractivity contribution in [1.29, 1.82) is 0 Å². The maximum Gasteiger partial charge on any atom is 0.416 e. The highest BCUT2D eigenvalue weighted by Gasteiger charge is 2.30. The van der Waals surface area contributed by atoms with Gasteiger partial charge in [-0.2, -0.15) is 13.2 Å². The van der Waals surface area contributed by atoms with Crippen LogP contribution in [0.25, 0.3) is 0 Å². The highest BCUT2D eigenvalue weighted by molar-refractivity contribution is 14.1. The van der Waals surface area contributed by atoms with Crippen LogP contribution in [0, 0.1) is 9.49 Å². The Hall–Kier alpha value is -0.460. The number of hydrogen-bond acceptors (Lipinski definition) is 1. The Bertz CT molecular complexity index is 411. The van der Waals surface area contributed by atoms with E-state index < -0.39 is 11.7 Å². The fourth-order valence-corrected chi connectivity index (χ4v) is 3.01. The third kappa shape index (κ3) is 3.52. The van der Waals surface area contributed by atoms with Crippen LogP contribution in [0.4, 0.5) is 18.9 Å². The Kier molecular flexibility index (Phi) is 4.40. The van der Waals surface area contributed by atoms with Crippen LogP contribution in [0.1, 0.15) is 31.2 Å². The molecule has 0 bridgehead atoms. The van der Waals surface area contributed by atoms with Crippen molar-refractivity contribution in [2.75, 3.05) is 11.9 Å². The summed E-state index contributed by atoms with van der Waals surface area (Å²) < 4.78 is 38.1. The van der Waals surface area contributed by atoms with Crippen LogP contribution in [-0.4, -0.2) is 6.54 Å². The Morgan fingerprint density at radius 1 is 1.22 bits per heavy atom. The van der Waals surface area contributed by atoms with E-state index >= 15 is 0 Å². The van der Waals surface area contributed by atoms with Crippen molar-refractivity contribution in [3.05, 3.63) is 27.3 Å². The van der Waals surface area contributed by atoms with Crippen LogP contribution in [-0.2, 0) is 6.18 Å². The molecule has 0 saturated heterocycles. The number of rotatable bonds is 3. The highest BCUT2D eigenvalue weighted by atomic mass is 127. The molecule has 0 unspecified atom stereocenters. The fourth-order valence-electron chi connectivity index (χ4n) is 2.30. The Morgan fingerprint density at radius 2 is 1.89 bits per heavy atom. The molecule has 1 aromatic carbocycles. The molecule has 0 radical (unpaired) electrons. The average molecular weight is 369 g/mol. The van der Waals surface area contributed by atoms with Crippen molar-refractivity contribution >= 4 is 28.3 Å². The number of nitrogens with one attached hydrogen (secondary N) is 1. The van der Waals surface area contributed by atoms with Gasteiger partial charge in [0.1, 0.15) is 0 Å². The van der Waals surface area contributed by atoms with Crippen LogP contribution >= 0.6 is 22.6 Å². The van der Waals surface area contributed by atoms with Crippen LogP contribution in [0.3, 0.4) is 0 Å². The first-order chi connectivity index (χ1) is 8.47. The maximum atomic E-state index is 12.5. The second-order valence-corrected chi connectivity index (χ2v) is 5.89. The van der Waals surface area contributed by atoms with Gasteiger partial charge in [-0.05, 0) is 59.5 Å². The van der Waals surface area contributed by atoms with Gasteiger partial charge >= 0.3 is 6.18 Å². The summed E-state index contributed by atoms with van der Waals surface area (Å²) in [6, 6.07) is 3.86. The molecule has 1 aliphatic rings. The van der Waals surface area contributed by atoms with E-state index in [9.17, 15) is 13.2 Å². The molecule has 1 aromatic rings. The van der Waals surface area contributed by atoms with Gasteiger partial charge in [-0.3, -0.25) is 0 Å². The van der Waals surface area contributed by atoms with E-state index in [0.717, 1.165) is 18.3 Å². The van der Waals surface area contributed by atoms with Gasteiger partial charge in [0.2, 0.25) is 0 Å². The zero-order valence-electron chi connectivity index (χ0n) is 9.86. The van der Waals surface area contributed by atoms with Crippen molar-refractivity contribution < 1.29 is 13.2 Å². The molecule has 1 nitrogen and oxygen atoms in total. The van der Waals surface area contributed by atoms with E-state index in [0.29, 0.717) is 9.49 Å². The molecular formula is C13H15F3IN. The van der Waals surface area contributed by atoms with Crippen LogP contribution in [0.15, 0.2) is 18.2 Å². The van der Waals surface area contributed by atoms with Crippen molar-refractivity contribution in [3.63, 3.8) is 0 Å². The number of benzene rings is 1. The standard InChI is InChI=1S/C13H15F3IN/c14-13(15,16)10-5-6-12(11(17)7-10)18-8-9-3-1-2-4-9/h5-7,9,18H,1-4,8H2. The zero-order valence-corrected chi connectivity index (χ0v) is 12.0. The molecule has 0 amide bonds. The van der Waals surface area contributed by atoms with Crippen molar-refractivity contribution in [1.82, 2.24) is 0 Å². The first-order valence-corrected chi connectivity index (χ1v) is 7.15. The average Bonchev–Trinajstić information content (AvgIpc) is 2.79. The van der Waals surface area contributed by atoms with Crippen molar-refractivity contribution in [2.45, 2.75) is 31.9 Å². The van der Waals surface area contributed by atoms with Crippen molar-refractivity contribution in [2.24, 2.45) is 5.92 Å². The Labute approximate surface area is 118 Å². The number of anilines is 1. The topological polar surface area (TPSA) is 12.0 Å². The van der Waals surface area contributed by atoms with Gasteiger partial charge in [0, 0.05) is 15.8 Å². The lowest BCUT2D eigenvalue weighted by Crippen LogP contribution is -2.12. The molecule has 0 atom stereocenters. The van der Waals surface area contributed by atoms with Crippen molar-refractivity contribution in [3.8, 4) is 0 Å². The first kappa shape index (κ1) is 14.0. The lowest BCUT2D eigenvalue weighted by Gasteiger charge is -2.14. The first-order valence-electron chi connectivity index (χ1n) is 6.07. The van der Waals surface area contributed by atoms with Gasteiger partial charge in [0.05, 0.1) is 5.56 Å². The fraction of sp³-hybridized carbons (Fsp3) is 0.538. The summed E-state index contributed by atoms with van der Waals surface area (Å²) >= 11 is 1.95. The van der Waals surface area contributed by atoms with Crippen LogP contribution < -0.4 is 5.32 Å². The van der Waals surface area contributed by atoms with Gasteiger partial charge in [0.15, 0.2) is 0 Å². The monoisotopic (exact) mass is 369 g/mol. The number of halogens is 4. The third-order valence-electron chi connectivity index (χ3n) is 3.35. The normalized spacial score (nSPS) is 17.1. The molecule has 0 aliphatic heterocycles. The van der Waals surface area contributed by atoms with Gasteiger partial charge in [-0.1, -0.05) is 12.8 Å². The minimum absolute atomic E-state index is 0.585. The zero-order chi connectivity index (χ0) is 13.2. The molecule has 1 aliphatic carbocycles. The van der Waals surface area contributed by atoms with Crippen LogP contribution in [0.5, 0.6) is 0 Å². The maximum absolute atomic E-state index is 12.5. The molecule has 0 heterocycles. The second kappa shape index (κ2) is 5.67. The van der Waals surface area contributed by atoms with Gasteiger partial charge in [0.25, 0.3) is 0 Å². The van der Waals surface area contributed by atoms with E-state index in [1.54, 1.807) is 0 Å². The summed E-state index contributed by atoms with van der Waals surface area (Å²) in [5.41, 5.74) is 0.216. The molecule has 0 spiro atoms. The number of alkyl halides is 3. The molecule has 0 aromatic heterocycles. The van der Waals surface area contributed by atoms with Gasteiger partial charge in [-0.25, -0.2) is 0 Å². The molecule has 100 valence electrons. The molecule has 1 N–H and O–H groups in total. The SMILES string of the molecule is FC(F)(F)c1ccc(NCC2CCCC2)c(I)c1. The summed E-state index contributed by atoms with van der Waals surface area (Å²) in [7, 11) is 0. The molecule has 2 rings (SSSR count). The third-order valence-corrected chi connectivity index (χ3v) is 4.24. The largest absolute Gasteiger partial charge is 0.416 e. The van der Waals surface area contributed by atoms with Crippen LogP contribution in [0.2, 0.25) is 0 Å². The van der Waals surface area contributed by atoms with E-state index in [1.165, 1.54) is 37.8 Å². The molecular weight excluding hydrogens is 354 g/mol. The highest BCUT2D eigenvalue weighted by Crippen LogP contribution is 2.33. The number of hydrogen-bond donors (Lipinski definition) is 1. The summed E-state index contributed by atoms with van der Waals surface area (Å²) in [5, 5.41) is 3.26. The predicted molar refractivity (Wildman–Crippen MR) is 74.6 cm³/mol. The van der Waals surface area contributed by atoms with Gasteiger partial charge < -0.3 is 5.32 Å². The lowest BCUT2D eigenvalue weighted by atomic mass is 10.1. The second-order valence-electron chi connectivity index (χ2n) is 4.72. The van der Waals surface area contributed by atoms with E-state index in [1.807, 2.05) is 22.6 Å². The predicted octanol–water partition coefficient (Wildman–Crippen LogP) is 4.91. The molecule has 1 fully saturated rings. The summed E-state index contributed by atoms with van der Waals surface area (Å²) in [4.78, 5) is 0. The minimum Gasteiger partial charge on any atom is -0.384 e. The quantitative estimate of drug-likeness (QED) is 0.747. The Morgan fingerprint density at radius 3 is 2.44 bits per heavy atom. The molecule has 5 heteroatoms. The summed E-state index contributed by atoms with van der Waals surface area (Å²) in [6.45, 7) is 0.862. The summed E-state index contributed by atoms with van der Waals surface area (Å²) in [5.74, 6) is 0.670. The molecule has 18 heavy (non-hydrogen) atoms. The lowest BCUT2D eigenvalue weighted by molar-refractivity contribution is -0.137. The van der Waals surface area contributed by atoms with E-state index in [2.05, 4.69) is 5.32 Å². The Balaban J connectivity index is 2.01. The minimum atomic E-state index is -4.26. The summed E-state index contributed by atoms with van der Waals surface area (Å²) in [6.07, 6.45) is 0.741. The van der Waals surface area contributed by atoms with E-state index in [-0.39, 0.29) is 0 Å². The van der Waals surface area contributed by atoms with E-state index in [4.69, 9.17) is 0 Å². The molecule has 1 saturated carbocycles.